The number of sulfone groups is 1. The van der Waals surface area contributed by atoms with Crippen molar-refractivity contribution in [1.29, 1.82) is 0 Å². The molecule has 0 amide bonds. The highest BCUT2D eigenvalue weighted by Crippen LogP contribution is 2.24. The van der Waals surface area contributed by atoms with E-state index in [1.807, 2.05) is 0 Å². The molecule has 0 saturated carbocycles. The molecule has 1 aromatic heterocycles. The summed E-state index contributed by atoms with van der Waals surface area (Å²) in [6.07, 6.45) is 0.955. The number of halogens is 3. The number of carbonyl (C=O) groups excluding carboxylic acids is 2. The van der Waals surface area contributed by atoms with Crippen molar-refractivity contribution in [1.82, 2.24) is 9.97 Å². The fraction of sp³-hybridized carbons (Fsp3) is 0.100. The summed E-state index contributed by atoms with van der Waals surface area (Å²) in [7, 11) is -4.03. The van der Waals surface area contributed by atoms with Gasteiger partial charge in [0.1, 0.15) is 11.6 Å². The third-order valence-corrected chi connectivity index (χ3v) is 5.98. The second kappa shape index (κ2) is 9.09. The summed E-state index contributed by atoms with van der Waals surface area (Å²) in [6.45, 7) is 1.17. The first-order chi connectivity index (χ1) is 14.6. The maximum absolute atomic E-state index is 13.4. The molecule has 2 aromatic carbocycles. The van der Waals surface area contributed by atoms with E-state index in [0.717, 1.165) is 24.4 Å². The quantitative estimate of drug-likeness (QED) is 0.223. The van der Waals surface area contributed by atoms with Gasteiger partial charge in [-0.15, -0.1) is 0 Å². The molecule has 0 atom stereocenters. The van der Waals surface area contributed by atoms with E-state index in [9.17, 15) is 22.4 Å². The lowest BCUT2D eigenvalue weighted by atomic mass is 10.1. The number of ether oxygens (including phenoxy) is 1. The molecule has 3 aromatic rings. The molecular formula is C20H13Cl2FN2O5S. The molecule has 0 bridgehead atoms. The van der Waals surface area contributed by atoms with Crippen LogP contribution in [0.5, 0.6) is 5.75 Å². The molecule has 0 aliphatic heterocycles. The zero-order chi connectivity index (χ0) is 22.8. The van der Waals surface area contributed by atoms with Crippen LogP contribution in [0.2, 0.25) is 10.0 Å². The number of hydrogen-bond acceptors (Lipinski definition) is 7. The number of aromatic nitrogens is 2. The van der Waals surface area contributed by atoms with Crippen LogP contribution in [0.1, 0.15) is 33.3 Å². The number of benzene rings is 2. The maximum atomic E-state index is 13.4. The normalized spacial score (nSPS) is 11.2. The van der Waals surface area contributed by atoms with Crippen LogP contribution in [0.25, 0.3) is 0 Å². The van der Waals surface area contributed by atoms with Gasteiger partial charge in [0.05, 0.1) is 22.5 Å². The van der Waals surface area contributed by atoms with E-state index in [1.165, 1.54) is 31.2 Å². The molecule has 31 heavy (non-hydrogen) atoms. The van der Waals surface area contributed by atoms with E-state index in [-0.39, 0.29) is 16.3 Å². The summed E-state index contributed by atoms with van der Waals surface area (Å²) in [5.41, 5.74) is -0.260. The lowest BCUT2D eigenvalue weighted by Gasteiger charge is -2.10. The van der Waals surface area contributed by atoms with Crippen molar-refractivity contribution in [2.45, 2.75) is 17.8 Å². The van der Waals surface area contributed by atoms with E-state index >= 15 is 0 Å². The molecule has 0 radical (unpaired) electrons. The Bertz CT molecular complexity index is 1280. The number of nitrogens with zero attached hydrogens (tertiary/aromatic N) is 2. The van der Waals surface area contributed by atoms with Crippen molar-refractivity contribution in [2.24, 2.45) is 0 Å². The van der Waals surface area contributed by atoms with E-state index in [4.69, 9.17) is 27.9 Å². The number of carbonyl (C=O) groups is 2. The second-order valence-corrected chi connectivity index (χ2v) is 9.05. The Kier molecular flexibility index (Phi) is 6.68. The molecule has 1 heterocycles. The Morgan fingerprint density at radius 2 is 1.77 bits per heavy atom. The zero-order valence-electron chi connectivity index (χ0n) is 15.8. The summed E-state index contributed by atoms with van der Waals surface area (Å²) in [4.78, 5) is 31.7. The Morgan fingerprint density at radius 3 is 2.42 bits per heavy atom. The molecule has 11 heteroatoms. The number of esters is 1. The molecule has 160 valence electrons. The summed E-state index contributed by atoms with van der Waals surface area (Å²) in [6, 6.07) is 9.14. The number of Topliss-reactive ketones (excluding diaryl/α,β-unsaturated/α-hetero) is 1. The molecule has 0 N–H and O–H groups in total. The fourth-order valence-electron chi connectivity index (χ4n) is 2.52. The predicted molar refractivity (Wildman–Crippen MR) is 111 cm³/mol. The monoisotopic (exact) mass is 482 g/mol. The highest BCUT2D eigenvalue weighted by atomic mass is 35.5. The molecule has 0 spiro atoms. The summed E-state index contributed by atoms with van der Waals surface area (Å²) < 4.78 is 43.9. The van der Waals surface area contributed by atoms with Gasteiger partial charge in [0, 0.05) is 5.02 Å². The molecule has 0 aliphatic rings. The second-order valence-electron chi connectivity index (χ2n) is 6.32. The Hall–Kier alpha value is -2.88. The van der Waals surface area contributed by atoms with Crippen molar-refractivity contribution < 1.29 is 27.1 Å². The van der Waals surface area contributed by atoms with E-state index in [2.05, 4.69) is 9.97 Å². The van der Waals surface area contributed by atoms with Gasteiger partial charge in [0.25, 0.3) is 0 Å². The van der Waals surface area contributed by atoms with Crippen LogP contribution in [0, 0.1) is 5.82 Å². The van der Waals surface area contributed by atoms with Crippen molar-refractivity contribution in [2.75, 3.05) is 0 Å². The van der Waals surface area contributed by atoms with Crippen LogP contribution in [0.3, 0.4) is 0 Å². The van der Waals surface area contributed by atoms with Crippen LogP contribution in [-0.2, 0) is 15.6 Å². The summed E-state index contributed by atoms with van der Waals surface area (Å²) in [5.74, 6) is -3.03. The van der Waals surface area contributed by atoms with Crippen LogP contribution in [-0.4, -0.2) is 30.1 Å². The molecular weight excluding hydrogens is 470 g/mol. The third-order valence-electron chi connectivity index (χ3n) is 3.99. The van der Waals surface area contributed by atoms with Gasteiger partial charge >= 0.3 is 5.97 Å². The van der Waals surface area contributed by atoms with Crippen molar-refractivity contribution in [3.8, 4) is 5.75 Å². The van der Waals surface area contributed by atoms with E-state index in [0.29, 0.717) is 10.6 Å². The minimum atomic E-state index is -4.03. The molecule has 3 rings (SSSR count). The minimum Gasteiger partial charge on any atom is -0.421 e. The minimum absolute atomic E-state index is 0.172. The molecule has 0 aliphatic carbocycles. The van der Waals surface area contributed by atoms with Crippen LogP contribution in [0.4, 0.5) is 4.39 Å². The Balaban J connectivity index is 1.91. The van der Waals surface area contributed by atoms with Crippen LogP contribution in [0.15, 0.2) is 53.8 Å². The maximum Gasteiger partial charge on any atom is 0.364 e. The largest absolute Gasteiger partial charge is 0.421 e. The van der Waals surface area contributed by atoms with Gasteiger partial charge in [-0.3, -0.25) is 4.79 Å². The average Bonchev–Trinajstić information content (AvgIpc) is 2.70. The van der Waals surface area contributed by atoms with Gasteiger partial charge in [0.2, 0.25) is 15.0 Å². The van der Waals surface area contributed by atoms with Gasteiger partial charge in [-0.2, -0.15) is 0 Å². The zero-order valence-corrected chi connectivity index (χ0v) is 18.1. The van der Waals surface area contributed by atoms with Crippen molar-refractivity contribution >= 4 is 44.8 Å². The highest BCUT2D eigenvalue weighted by Gasteiger charge is 2.25. The molecule has 0 fully saturated rings. The van der Waals surface area contributed by atoms with Crippen LogP contribution < -0.4 is 4.74 Å². The molecule has 0 saturated heterocycles. The predicted octanol–water partition coefficient (Wildman–Crippen LogP) is 4.32. The molecule has 0 unspecified atom stereocenters. The first-order valence-electron chi connectivity index (χ1n) is 8.59. The lowest BCUT2D eigenvalue weighted by Crippen LogP contribution is -2.17. The number of rotatable bonds is 6. The van der Waals surface area contributed by atoms with Gasteiger partial charge in [-0.05, 0) is 42.8 Å². The number of ketones is 1. The topological polar surface area (TPSA) is 103 Å². The SMILES string of the molecule is CC(=O)c1cc(F)ccc1OC(=O)c1nc(S(=O)(=O)Cc2ccc(Cl)cc2)ncc1Cl. The van der Waals surface area contributed by atoms with Crippen molar-refractivity contribution in [3.63, 3.8) is 0 Å². The smallest absolute Gasteiger partial charge is 0.364 e. The standard InChI is InChI=1S/C20H13Cl2FN2O5S/c1-11(26)15-8-14(23)6-7-17(15)30-19(27)18-16(22)9-24-20(25-18)31(28,29)10-12-2-4-13(21)5-3-12/h2-9H,10H2,1H3. The fourth-order valence-corrected chi connectivity index (χ4v) is 4.02. The van der Waals surface area contributed by atoms with Crippen molar-refractivity contribution in [3.05, 3.63) is 81.3 Å². The molecule has 7 nitrogen and oxygen atoms in total. The van der Waals surface area contributed by atoms with E-state index < -0.39 is 44.0 Å². The Morgan fingerprint density at radius 1 is 1.10 bits per heavy atom. The highest BCUT2D eigenvalue weighted by molar-refractivity contribution is 7.90. The van der Waals surface area contributed by atoms with Gasteiger partial charge < -0.3 is 4.74 Å². The Labute approximate surface area is 186 Å². The van der Waals surface area contributed by atoms with Gasteiger partial charge in [-0.25, -0.2) is 27.6 Å². The summed E-state index contributed by atoms with van der Waals surface area (Å²) in [5, 5.41) is -0.453. The average molecular weight is 483 g/mol. The number of hydrogen-bond donors (Lipinski definition) is 0. The van der Waals surface area contributed by atoms with E-state index in [1.54, 1.807) is 0 Å². The van der Waals surface area contributed by atoms with Gasteiger partial charge in [0.15, 0.2) is 11.5 Å². The first-order valence-corrected chi connectivity index (χ1v) is 11.0. The van der Waals surface area contributed by atoms with Crippen LogP contribution >= 0.6 is 23.2 Å². The lowest BCUT2D eigenvalue weighted by molar-refractivity contribution is 0.0725. The van der Waals surface area contributed by atoms with Gasteiger partial charge in [-0.1, -0.05) is 35.3 Å². The first kappa shape index (κ1) is 22.8. The summed E-state index contributed by atoms with van der Waals surface area (Å²) >= 11 is 11.7. The third kappa shape index (κ3) is 5.43.